The molecular weight excluding hydrogens is 208 g/mol. The van der Waals surface area contributed by atoms with Crippen LogP contribution in [0.25, 0.3) is 0 Å². The lowest BCUT2D eigenvalue weighted by molar-refractivity contribution is 0.0439. The van der Waals surface area contributed by atoms with Gasteiger partial charge in [0.1, 0.15) is 11.1 Å². The smallest absolute Gasteiger partial charge is 0.121 e. The monoisotopic (exact) mass is 226 g/mol. The number of aromatic nitrogens is 1. The standard InChI is InChI=1S/C11H18N2OS/c1-9(11-13-6-7-15-11)14-8-10-4-2-3-5-12-10/h6-7,9-10,12H,2-5,8H2,1H3/t9-,10+/m0/s1. The summed E-state index contributed by atoms with van der Waals surface area (Å²) in [6, 6.07) is 0.543. The summed E-state index contributed by atoms with van der Waals surface area (Å²) in [4.78, 5) is 4.25. The fraction of sp³-hybridized carbons (Fsp3) is 0.727. The lowest BCUT2D eigenvalue weighted by atomic mass is 10.1. The molecule has 2 heterocycles. The number of hydrogen-bond acceptors (Lipinski definition) is 4. The van der Waals surface area contributed by atoms with E-state index in [4.69, 9.17) is 4.74 Å². The maximum absolute atomic E-state index is 5.81. The topological polar surface area (TPSA) is 34.1 Å². The zero-order chi connectivity index (χ0) is 10.5. The highest BCUT2D eigenvalue weighted by Gasteiger charge is 2.15. The molecule has 1 aliphatic rings. The van der Waals surface area contributed by atoms with Crippen LogP contribution in [0.4, 0.5) is 0 Å². The maximum atomic E-state index is 5.81. The zero-order valence-electron chi connectivity index (χ0n) is 9.11. The van der Waals surface area contributed by atoms with E-state index in [0.29, 0.717) is 6.04 Å². The fourth-order valence-electron chi connectivity index (χ4n) is 1.83. The lowest BCUT2D eigenvalue weighted by Gasteiger charge is -2.24. The third-order valence-electron chi connectivity index (χ3n) is 2.76. The SMILES string of the molecule is C[C@H](OC[C@H]1CCCCN1)c1nccs1. The Balaban J connectivity index is 1.73. The van der Waals surface area contributed by atoms with Crippen molar-refractivity contribution in [2.75, 3.05) is 13.2 Å². The molecule has 15 heavy (non-hydrogen) atoms. The van der Waals surface area contributed by atoms with E-state index in [0.717, 1.165) is 18.2 Å². The predicted molar refractivity (Wildman–Crippen MR) is 62.1 cm³/mol. The molecule has 0 aliphatic carbocycles. The molecule has 1 aromatic heterocycles. The summed E-state index contributed by atoms with van der Waals surface area (Å²) in [7, 11) is 0. The van der Waals surface area contributed by atoms with Gasteiger partial charge in [-0.2, -0.15) is 0 Å². The van der Waals surface area contributed by atoms with Gasteiger partial charge in [0.25, 0.3) is 0 Å². The molecule has 0 radical (unpaired) electrons. The summed E-state index contributed by atoms with van der Waals surface area (Å²) in [5.41, 5.74) is 0. The van der Waals surface area contributed by atoms with E-state index < -0.39 is 0 Å². The number of rotatable bonds is 4. The Bertz CT molecular complexity index is 270. The second kappa shape index (κ2) is 5.58. The van der Waals surface area contributed by atoms with E-state index in [9.17, 15) is 0 Å². The lowest BCUT2D eigenvalue weighted by Crippen LogP contribution is -2.37. The van der Waals surface area contributed by atoms with Gasteiger partial charge >= 0.3 is 0 Å². The Labute approximate surface area is 94.9 Å². The van der Waals surface area contributed by atoms with Crippen LogP contribution in [0.1, 0.15) is 37.3 Å². The summed E-state index contributed by atoms with van der Waals surface area (Å²) in [5, 5.41) is 6.55. The molecule has 0 bridgehead atoms. The quantitative estimate of drug-likeness (QED) is 0.856. The molecule has 1 saturated heterocycles. The van der Waals surface area contributed by atoms with Crippen LogP contribution >= 0.6 is 11.3 Å². The number of thiazole rings is 1. The highest BCUT2D eigenvalue weighted by molar-refractivity contribution is 7.09. The van der Waals surface area contributed by atoms with Crippen molar-refractivity contribution in [2.24, 2.45) is 0 Å². The third kappa shape index (κ3) is 3.26. The van der Waals surface area contributed by atoms with Crippen molar-refractivity contribution < 1.29 is 4.74 Å². The first-order chi connectivity index (χ1) is 7.36. The largest absolute Gasteiger partial charge is 0.370 e. The normalized spacial score (nSPS) is 23.9. The van der Waals surface area contributed by atoms with E-state index in [1.165, 1.54) is 19.3 Å². The van der Waals surface area contributed by atoms with Gasteiger partial charge < -0.3 is 10.1 Å². The minimum Gasteiger partial charge on any atom is -0.370 e. The van der Waals surface area contributed by atoms with Gasteiger partial charge in [-0.1, -0.05) is 6.42 Å². The molecule has 1 N–H and O–H groups in total. The molecule has 1 aliphatic heterocycles. The Hall–Kier alpha value is -0.450. The van der Waals surface area contributed by atoms with Gasteiger partial charge in [0.2, 0.25) is 0 Å². The van der Waals surface area contributed by atoms with Gasteiger partial charge in [0, 0.05) is 17.6 Å². The summed E-state index contributed by atoms with van der Waals surface area (Å²) in [6.45, 7) is 4.02. The molecule has 0 unspecified atom stereocenters. The average molecular weight is 226 g/mol. The molecule has 84 valence electrons. The van der Waals surface area contributed by atoms with Crippen LogP contribution in [0, 0.1) is 0 Å². The van der Waals surface area contributed by atoms with Gasteiger partial charge in [0.05, 0.1) is 6.61 Å². The molecule has 0 aromatic carbocycles. The van der Waals surface area contributed by atoms with Gasteiger partial charge in [0.15, 0.2) is 0 Å². The highest BCUT2D eigenvalue weighted by Crippen LogP contribution is 2.19. The molecule has 2 rings (SSSR count). The highest BCUT2D eigenvalue weighted by atomic mass is 32.1. The Morgan fingerprint density at radius 3 is 3.27 bits per heavy atom. The van der Waals surface area contributed by atoms with Crippen LogP contribution in [-0.4, -0.2) is 24.2 Å². The number of ether oxygens (including phenoxy) is 1. The Morgan fingerprint density at radius 2 is 2.60 bits per heavy atom. The molecule has 3 nitrogen and oxygen atoms in total. The van der Waals surface area contributed by atoms with Crippen LogP contribution in [0.2, 0.25) is 0 Å². The average Bonchev–Trinajstić information content (AvgIpc) is 2.81. The van der Waals surface area contributed by atoms with E-state index in [-0.39, 0.29) is 6.10 Å². The molecule has 4 heteroatoms. The minimum atomic E-state index is 0.133. The van der Waals surface area contributed by atoms with E-state index in [2.05, 4.69) is 17.2 Å². The van der Waals surface area contributed by atoms with Crippen LogP contribution < -0.4 is 5.32 Å². The summed E-state index contributed by atoms with van der Waals surface area (Å²) < 4.78 is 5.81. The number of piperidine rings is 1. The Morgan fingerprint density at radius 1 is 1.67 bits per heavy atom. The molecule has 0 amide bonds. The second-order valence-corrected chi connectivity index (χ2v) is 4.92. The van der Waals surface area contributed by atoms with Gasteiger partial charge in [-0.05, 0) is 26.3 Å². The zero-order valence-corrected chi connectivity index (χ0v) is 9.93. The van der Waals surface area contributed by atoms with Crippen molar-refractivity contribution in [3.63, 3.8) is 0 Å². The van der Waals surface area contributed by atoms with Crippen molar-refractivity contribution in [3.8, 4) is 0 Å². The number of nitrogens with one attached hydrogen (secondary N) is 1. The van der Waals surface area contributed by atoms with E-state index in [1.807, 2.05) is 11.6 Å². The van der Waals surface area contributed by atoms with Crippen LogP contribution in [0.3, 0.4) is 0 Å². The van der Waals surface area contributed by atoms with Crippen molar-refractivity contribution >= 4 is 11.3 Å². The molecule has 1 aromatic rings. The molecule has 0 spiro atoms. The summed E-state index contributed by atoms with van der Waals surface area (Å²) >= 11 is 1.66. The van der Waals surface area contributed by atoms with Crippen molar-refractivity contribution in [2.45, 2.75) is 38.3 Å². The van der Waals surface area contributed by atoms with Crippen LogP contribution in [0.5, 0.6) is 0 Å². The van der Waals surface area contributed by atoms with E-state index >= 15 is 0 Å². The first-order valence-corrected chi connectivity index (χ1v) is 6.48. The fourth-order valence-corrected chi connectivity index (χ4v) is 2.48. The van der Waals surface area contributed by atoms with Crippen molar-refractivity contribution in [1.82, 2.24) is 10.3 Å². The predicted octanol–water partition coefficient (Wildman–Crippen LogP) is 2.36. The van der Waals surface area contributed by atoms with Crippen molar-refractivity contribution in [1.29, 1.82) is 0 Å². The summed E-state index contributed by atoms with van der Waals surface area (Å²) in [5.74, 6) is 0. The summed E-state index contributed by atoms with van der Waals surface area (Å²) in [6.07, 6.45) is 5.84. The maximum Gasteiger partial charge on any atom is 0.121 e. The second-order valence-electron chi connectivity index (χ2n) is 3.99. The molecule has 0 saturated carbocycles. The van der Waals surface area contributed by atoms with Crippen molar-refractivity contribution in [3.05, 3.63) is 16.6 Å². The van der Waals surface area contributed by atoms with Gasteiger partial charge in [-0.3, -0.25) is 0 Å². The van der Waals surface area contributed by atoms with Gasteiger partial charge in [-0.15, -0.1) is 11.3 Å². The minimum absolute atomic E-state index is 0.133. The molecular formula is C11H18N2OS. The molecule has 1 fully saturated rings. The Kier molecular flexibility index (Phi) is 4.11. The van der Waals surface area contributed by atoms with E-state index in [1.54, 1.807) is 11.3 Å². The van der Waals surface area contributed by atoms with Crippen LogP contribution in [0.15, 0.2) is 11.6 Å². The van der Waals surface area contributed by atoms with Gasteiger partial charge in [-0.25, -0.2) is 4.98 Å². The molecule has 2 atom stereocenters. The first kappa shape index (κ1) is 11.0. The van der Waals surface area contributed by atoms with Crippen LogP contribution in [-0.2, 0) is 4.74 Å². The number of hydrogen-bond donors (Lipinski definition) is 1. The number of nitrogens with zero attached hydrogens (tertiary/aromatic N) is 1. The third-order valence-corrected chi connectivity index (χ3v) is 3.70. The first-order valence-electron chi connectivity index (χ1n) is 5.60.